The minimum Gasteiger partial charge on any atom is -0.469 e. The first kappa shape index (κ1) is 15.7. The Morgan fingerprint density at radius 3 is 2.48 bits per heavy atom. The highest BCUT2D eigenvalue weighted by atomic mass is 16.5. The molecular formula is C17H23NO3. The van der Waals surface area contributed by atoms with E-state index in [-0.39, 0.29) is 29.0 Å². The first-order valence-corrected chi connectivity index (χ1v) is 7.28. The van der Waals surface area contributed by atoms with Crippen molar-refractivity contribution >= 4 is 11.8 Å². The van der Waals surface area contributed by atoms with E-state index in [1.54, 1.807) is 0 Å². The van der Waals surface area contributed by atoms with E-state index in [0.29, 0.717) is 19.4 Å². The number of nitrogens with two attached hydrogens (primary N) is 1. The number of hydrogen-bond acceptors (Lipinski definition) is 4. The van der Waals surface area contributed by atoms with Gasteiger partial charge in [-0.3, -0.25) is 9.59 Å². The molecule has 1 aliphatic carbocycles. The Balaban J connectivity index is 2.27. The average Bonchev–Trinajstić information content (AvgIpc) is 2.46. The van der Waals surface area contributed by atoms with E-state index < -0.39 is 0 Å². The van der Waals surface area contributed by atoms with Gasteiger partial charge in [0.25, 0.3) is 0 Å². The molecule has 1 saturated carbocycles. The fraction of sp³-hybridized carbons (Fsp3) is 0.529. The van der Waals surface area contributed by atoms with Gasteiger partial charge in [-0.15, -0.1) is 0 Å². The molecule has 114 valence electrons. The monoisotopic (exact) mass is 289 g/mol. The molecule has 1 aromatic carbocycles. The summed E-state index contributed by atoms with van der Waals surface area (Å²) in [6, 6.07) is 7.76. The van der Waals surface area contributed by atoms with E-state index in [4.69, 9.17) is 10.5 Å². The quantitative estimate of drug-likeness (QED) is 0.868. The number of Topliss-reactive ketones (excluding diaryl/α,β-unsaturated/α-hetero) is 1. The molecule has 2 unspecified atom stereocenters. The molecule has 4 heteroatoms. The first-order valence-electron chi connectivity index (χ1n) is 7.28. The predicted molar refractivity (Wildman–Crippen MR) is 80.6 cm³/mol. The van der Waals surface area contributed by atoms with Crippen molar-refractivity contribution in [1.82, 2.24) is 0 Å². The molecule has 0 amide bonds. The fourth-order valence-corrected chi connectivity index (χ4v) is 3.15. The molecule has 0 heterocycles. The van der Waals surface area contributed by atoms with Crippen LogP contribution in [0.2, 0.25) is 0 Å². The van der Waals surface area contributed by atoms with Crippen LogP contribution in [0.1, 0.15) is 43.7 Å². The van der Waals surface area contributed by atoms with E-state index >= 15 is 0 Å². The minimum absolute atomic E-state index is 0.195. The van der Waals surface area contributed by atoms with Crippen LogP contribution in [0.3, 0.4) is 0 Å². The van der Waals surface area contributed by atoms with Crippen LogP contribution < -0.4 is 5.73 Å². The Morgan fingerprint density at radius 1 is 1.33 bits per heavy atom. The highest BCUT2D eigenvalue weighted by Crippen LogP contribution is 2.45. The zero-order valence-electron chi connectivity index (χ0n) is 12.9. The van der Waals surface area contributed by atoms with E-state index in [1.807, 2.05) is 38.1 Å². The number of ketones is 1. The Hall–Kier alpha value is -1.68. The lowest BCUT2D eigenvalue weighted by Gasteiger charge is -2.39. The number of benzene rings is 1. The lowest BCUT2D eigenvalue weighted by molar-refractivity contribution is -0.153. The van der Waals surface area contributed by atoms with Gasteiger partial charge in [0.2, 0.25) is 0 Å². The van der Waals surface area contributed by atoms with Gasteiger partial charge in [-0.05, 0) is 23.0 Å². The number of hydrogen-bond donors (Lipinski definition) is 1. The van der Waals surface area contributed by atoms with Crippen molar-refractivity contribution in [2.45, 2.75) is 39.2 Å². The summed E-state index contributed by atoms with van der Waals surface area (Å²) in [6.07, 6.45) is 0.913. The minimum atomic E-state index is -0.349. The van der Waals surface area contributed by atoms with Crippen LogP contribution in [-0.4, -0.2) is 18.9 Å². The number of esters is 1. The largest absolute Gasteiger partial charge is 0.469 e. The average molecular weight is 289 g/mol. The van der Waals surface area contributed by atoms with Crippen molar-refractivity contribution in [3.63, 3.8) is 0 Å². The highest BCUT2D eigenvalue weighted by molar-refractivity contribution is 5.89. The fourth-order valence-electron chi connectivity index (χ4n) is 3.15. The number of carbonyl (C=O) groups excluding carboxylic acids is 2. The summed E-state index contributed by atoms with van der Waals surface area (Å²) in [6.45, 7) is 4.40. The predicted octanol–water partition coefficient (Wildman–Crippen LogP) is 2.41. The summed E-state index contributed by atoms with van der Waals surface area (Å²) in [5.41, 5.74) is 7.24. The zero-order valence-corrected chi connectivity index (χ0v) is 12.9. The lowest BCUT2D eigenvalue weighted by atomic mass is 9.63. The van der Waals surface area contributed by atoms with Crippen LogP contribution in [0.25, 0.3) is 0 Å². The molecule has 1 fully saturated rings. The van der Waals surface area contributed by atoms with Gasteiger partial charge in [0.15, 0.2) is 0 Å². The van der Waals surface area contributed by atoms with Crippen molar-refractivity contribution in [2.24, 2.45) is 17.1 Å². The second kappa shape index (κ2) is 5.98. The van der Waals surface area contributed by atoms with Crippen molar-refractivity contribution in [3.05, 3.63) is 35.4 Å². The van der Waals surface area contributed by atoms with Crippen LogP contribution in [0, 0.1) is 11.3 Å². The van der Waals surface area contributed by atoms with Gasteiger partial charge in [-0.2, -0.15) is 0 Å². The van der Waals surface area contributed by atoms with Crippen molar-refractivity contribution in [1.29, 1.82) is 0 Å². The van der Waals surface area contributed by atoms with Gasteiger partial charge in [-0.25, -0.2) is 0 Å². The number of rotatable bonds is 3. The van der Waals surface area contributed by atoms with Gasteiger partial charge in [0.1, 0.15) is 5.78 Å². The van der Waals surface area contributed by atoms with E-state index in [2.05, 4.69) is 0 Å². The number of methoxy groups -OCH3 is 1. The molecule has 1 aliphatic rings. The SMILES string of the molecule is COC(=O)C1CC(c2ccc(CN)cc2)C(=O)CC1(C)C. The van der Waals surface area contributed by atoms with E-state index in [9.17, 15) is 9.59 Å². The molecule has 4 nitrogen and oxygen atoms in total. The molecule has 2 rings (SSSR count). The summed E-state index contributed by atoms with van der Waals surface area (Å²) in [5, 5.41) is 0. The third kappa shape index (κ3) is 3.16. The third-order valence-electron chi connectivity index (χ3n) is 4.54. The van der Waals surface area contributed by atoms with Gasteiger partial charge in [0, 0.05) is 18.9 Å². The topological polar surface area (TPSA) is 69.4 Å². The summed E-state index contributed by atoms with van der Waals surface area (Å²) < 4.78 is 4.91. The number of carbonyl (C=O) groups is 2. The van der Waals surface area contributed by atoms with Gasteiger partial charge < -0.3 is 10.5 Å². The maximum absolute atomic E-state index is 12.4. The van der Waals surface area contributed by atoms with Crippen LogP contribution in [-0.2, 0) is 20.9 Å². The van der Waals surface area contributed by atoms with Crippen LogP contribution >= 0.6 is 0 Å². The second-order valence-electron chi connectivity index (χ2n) is 6.44. The number of ether oxygens (including phenoxy) is 1. The second-order valence-corrected chi connectivity index (χ2v) is 6.44. The van der Waals surface area contributed by atoms with Crippen LogP contribution in [0.15, 0.2) is 24.3 Å². The van der Waals surface area contributed by atoms with Gasteiger partial charge >= 0.3 is 5.97 Å². The smallest absolute Gasteiger partial charge is 0.309 e. The maximum Gasteiger partial charge on any atom is 0.309 e. The molecule has 0 bridgehead atoms. The third-order valence-corrected chi connectivity index (χ3v) is 4.54. The molecule has 0 spiro atoms. The van der Waals surface area contributed by atoms with Crippen molar-refractivity contribution in [3.8, 4) is 0 Å². The molecular weight excluding hydrogens is 266 g/mol. The van der Waals surface area contributed by atoms with Crippen LogP contribution in [0.5, 0.6) is 0 Å². The Kier molecular flexibility index (Phi) is 4.47. The standard InChI is InChI=1S/C17H23NO3/c1-17(2)9-15(19)13(8-14(17)16(20)21-3)12-6-4-11(10-18)5-7-12/h4-7,13-14H,8-10,18H2,1-3H3. The van der Waals surface area contributed by atoms with Gasteiger partial charge in [0.05, 0.1) is 13.0 Å². The van der Waals surface area contributed by atoms with Crippen molar-refractivity contribution in [2.75, 3.05) is 7.11 Å². The lowest BCUT2D eigenvalue weighted by Crippen LogP contribution is -2.41. The maximum atomic E-state index is 12.4. The summed E-state index contributed by atoms with van der Waals surface area (Å²) in [5.74, 6) is -0.509. The molecule has 0 aromatic heterocycles. The molecule has 0 saturated heterocycles. The molecule has 2 atom stereocenters. The Morgan fingerprint density at radius 2 is 1.95 bits per heavy atom. The first-order chi connectivity index (χ1) is 9.89. The molecule has 0 aliphatic heterocycles. The highest BCUT2D eigenvalue weighted by Gasteiger charge is 2.45. The summed E-state index contributed by atoms with van der Waals surface area (Å²) in [7, 11) is 1.40. The van der Waals surface area contributed by atoms with Crippen LogP contribution in [0.4, 0.5) is 0 Å². The Labute approximate surface area is 125 Å². The zero-order chi connectivity index (χ0) is 15.6. The molecule has 21 heavy (non-hydrogen) atoms. The molecule has 0 radical (unpaired) electrons. The summed E-state index contributed by atoms with van der Waals surface area (Å²) >= 11 is 0. The van der Waals surface area contributed by atoms with Crippen molar-refractivity contribution < 1.29 is 14.3 Å². The summed E-state index contributed by atoms with van der Waals surface area (Å²) in [4.78, 5) is 24.5. The normalized spacial score (nSPS) is 24.7. The van der Waals surface area contributed by atoms with E-state index in [0.717, 1.165) is 11.1 Å². The Bertz CT molecular complexity index is 533. The molecule has 2 N–H and O–H groups in total. The van der Waals surface area contributed by atoms with Gasteiger partial charge in [-0.1, -0.05) is 38.1 Å². The van der Waals surface area contributed by atoms with E-state index in [1.165, 1.54) is 7.11 Å². The molecule has 1 aromatic rings.